The van der Waals surface area contributed by atoms with Crippen molar-refractivity contribution < 1.29 is 4.79 Å². The van der Waals surface area contributed by atoms with E-state index in [1.54, 1.807) is 17.4 Å². The Labute approximate surface area is 157 Å². The monoisotopic (exact) mass is 369 g/mol. The van der Waals surface area contributed by atoms with Crippen LogP contribution in [0.3, 0.4) is 0 Å². The van der Waals surface area contributed by atoms with Gasteiger partial charge in [-0.3, -0.25) is 4.79 Å². The Kier molecular flexibility index (Phi) is 5.15. The quantitative estimate of drug-likeness (QED) is 0.775. The average molecular weight is 369 g/mol. The highest BCUT2D eigenvalue weighted by Gasteiger charge is 2.21. The van der Waals surface area contributed by atoms with Gasteiger partial charge in [-0.25, -0.2) is 0 Å². The molecule has 4 heterocycles. The number of carbonyl (C=O) groups excluding carboxylic acids is 1. The minimum atomic E-state index is 0.0773. The van der Waals surface area contributed by atoms with Crippen molar-refractivity contribution in [2.24, 2.45) is 0 Å². The van der Waals surface area contributed by atoms with Crippen LogP contribution in [0, 0.1) is 0 Å². The molecular weight excluding hydrogens is 346 g/mol. The Morgan fingerprint density at radius 3 is 2.15 bits per heavy atom. The van der Waals surface area contributed by atoms with Crippen molar-refractivity contribution in [1.29, 1.82) is 0 Å². The van der Waals surface area contributed by atoms with Crippen molar-refractivity contribution in [1.82, 2.24) is 15.1 Å². The molecule has 1 amide bonds. The molecule has 0 aromatic carbocycles. The SMILES string of the molecule is O=C(/C=C/c1cccs1)N1CCN(c2ccc(N3CCCC3)nn2)CC1. The fraction of sp³-hybridized carbons (Fsp3) is 0.421. The van der Waals surface area contributed by atoms with Crippen molar-refractivity contribution in [3.05, 3.63) is 40.6 Å². The highest BCUT2D eigenvalue weighted by atomic mass is 32.1. The van der Waals surface area contributed by atoms with Gasteiger partial charge in [0.15, 0.2) is 11.6 Å². The van der Waals surface area contributed by atoms with E-state index >= 15 is 0 Å². The van der Waals surface area contributed by atoms with Crippen LogP contribution in [-0.4, -0.2) is 60.3 Å². The summed E-state index contributed by atoms with van der Waals surface area (Å²) < 4.78 is 0. The van der Waals surface area contributed by atoms with E-state index in [1.807, 2.05) is 28.5 Å². The second-order valence-corrected chi connectivity index (χ2v) is 7.58. The molecule has 7 heteroatoms. The smallest absolute Gasteiger partial charge is 0.246 e. The summed E-state index contributed by atoms with van der Waals surface area (Å²) in [6, 6.07) is 8.12. The van der Waals surface area contributed by atoms with Gasteiger partial charge in [0.2, 0.25) is 5.91 Å². The molecule has 26 heavy (non-hydrogen) atoms. The van der Waals surface area contributed by atoms with Gasteiger partial charge >= 0.3 is 0 Å². The molecule has 4 rings (SSSR count). The van der Waals surface area contributed by atoms with Crippen LogP contribution in [0.15, 0.2) is 35.7 Å². The van der Waals surface area contributed by atoms with Crippen LogP contribution in [0.4, 0.5) is 11.6 Å². The van der Waals surface area contributed by atoms with Gasteiger partial charge in [0.05, 0.1) is 0 Å². The molecule has 2 aromatic rings. The molecule has 136 valence electrons. The second-order valence-electron chi connectivity index (χ2n) is 6.60. The topological polar surface area (TPSA) is 52.6 Å². The lowest BCUT2D eigenvalue weighted by molar-refractivity contribution is -0.126. The van der Waals surface area contributed by atoms with Gasteiger partial charge in [0.1, 0.15) is 0 Å². The van der Waals surface area contributed by atoms with E-state index in [1.165, 1.54) is 12.8 Å². The number of hydrogen-bond acceptors (Lipinski definition) is 6. The summed E-state index contributed by atoms with van der Waals surface area (Å²) in [5.74, 6) is 1.95. The first-order valence-corrected chi connectivity index (χ1v) is 10.0. The van der Waals surface area contributed by atoms with Crippen molar-refractivity contribution in [3.63, 3.8) is 0 Å². The van der Waals surface area contributed by atoms with E-state index in [4.69, 9.17) is 0 Å². The van der Waals surface area contributed by atoms with E-state index in [-0.39, 0.29) is 5.91 Å². The van der Waals surface area contributed by atoms with Gasteiger partial charge in [-0.05, 0) is 42.5 Å². The van der Waals surface area contributed by atoms with Crippen molar-refractivity contribution in [3.8, 4) is 0 Å². The maximum Gasteiger partial charge on any atom is 0.246 e. The minimum Gasteiger partial charge on any atom is -0.355 e. The zero-order valence-corrected chi connectivity index (χ0v) is 15.6. The van der Waals surface area contributed by atoms with Crippen LogP contribution >= 0.6 is 11.3 Å². The lowest BCUT2D eigenvalue weighted by Gasteiger charge is -2.34. The third-order valence-corrected chi connectivity index (χ3v) is 5.75. The van der Waals surface area contributed by atoms with E-state index < -0.39 is 0 Å². The third-order valence-electron chi connectivity index (χ3n) is 4.92. The molecule has 0 atom stereocenters. The molecular formula is C19H23N5OS. The Hall–Kier alpha value is -2.41. The second kappa shape index (κ2) is 7.86. The number of hydrogen-bond donors (Lipinski definition) is 0. The first kappa shape index (κ1) is 17.0. The number of aromatic nitrogens is 2. The number of thiophene rings is 1. The van der Waals surface area contributed by atoms with Gasteiger partial charge in [0, 0.05) is 50.2 Å². The van der Waals surface area contributed by atoms with Crippen molar-refractivity contribution >= 4 is 35.0 Å². The molecule has 0 N–H and O–H groups in total. The van der Waals surface area contributed by atoms with E-state index in [0.29, 0.717) is 13.1 Å². The normalized spacial score (nSPS) is 18.1. The Balaban J connectivity index is 1.31. The Morgan fingerprint density at radius 2 is 1.58 bits per heavy atom. The molecule has 2 aromatic heterocycles. The Bertz CT molecular complexity index is 745. The molecule has 2 fully saturated rings. The van der Waals surface area contributed by atoms with E-state index in [9.17, 15) is 4.79 Å². The van der Waals surface area contributed by atoms with Crippen LogP contribution in [-0.2, 0) is 4.79 Å². The predicted octanol–water partition coefficient (Wildman–Crippen LogP) is 2.50. The number of rotatable bonds is 4. The number of amides is 1. The number of anilines is 2. The standard InChI is InChI=1S/C19H23N5OS/c25-19(8-5-16-4-3-15-26-16)24-13-11-23(12-14-24)18-7-6-17(20-21-18)22-9-1-2-10-22/h3-8,15H,1-2,9-14H2/b8-5+. The van der Waals surface area contributed by atoms with Crippen LogP contribution in [0.5, 0.6) is 0 Å². The Morgan fingerprint density at radius 1 is 0.923 bits per heavy atom. The molecule has 0 radical (unpaired) electrons. The van der Waals surface area contributed by atoms with E-state index in [0.717, 1.165) is 42.7 Å². The number of piperazine rings is 1. The molecule has 2 saturated heterocycles. The summed E-state index contributed by atoms with van der Waals surface area (Å²) in [5.41, 5.74) is 0. The average Bonchev–Trinajstić information content (AvgIpc) is 3.40. The predicted molar refractivity (Wildman–Crippen MR) is 106 cm³/mol. The van der Waals surface area contributed by atoms with Crippen LogP contribution in [0.25, 0.3) is 6.08 Å². The summed E-state index contributed by atoms with van der Waals surface area (Å²) in [7, 11) is 0. The molecule has 0 bridgehead atoms. The molecule has 2 aliphatic rings. The van der Waals surface area contributed by atoms with Gasteiger partial charge in [-0.1, -0.05) is 6.07 Å². The van der Waals surface area contributed by atoms with Crippen molar-refractivity contribution in [2.45, 2.75) is 12.8 Å². The van der Waals surface area contributed by atoms with Gasteiger partial charge in [0.25, 0.3) is 0 Å². The van der Waals surface area contributed by atoms with Gasteiger partial charge in [-0.15, -0.1) is 21.5 Å². The lowest BCUT2D eigenvalue weighted by Crippen LogP contribution is -2.48. The number of carbonyl (C=O) groups is 1. The maximum absolute atomic E-state index is 12.3. The summed E-state index contributed by atoms with van der Waals surface area (Å²) >= 11 is 1.63. The summed E-state index contributed by atoms with van der Waals surface area (Å²) in [5, 5.41) is 10.8. The first-order chi connectivity index (χ1) is 12.8. The molecule has 6 nitrogen and oxygen atoms in total. The van der Waals surface area contributed by atoms with Gasteiger partial charge in [-0.2, -0.15) is 0 Å². The summed E-state index contributed by atoms with van der Waals surface area (Å²) in [6.07, 6.45) is 6.04. The van der Waals surface area contributed by atoms with E-state index in [2.05, 4.69) is 32.1 Å². The number of nitrogens with zero attached hydrogens (tertiary/aromatic N) is 5. The largest absolute Gasteiger partial charge is 0.355 e. The molecule has 0 spiro atoms. The fourth-order valence-electron chi connectivity index (χ4n) is 3.40. The molecule has 0 unspecified atom stereocenters. The molecule has 0 saturated carbocycles. The van der Waals surface area contributed by atoms with Crippen LogP contribution < -0.4 is 9.80 Å². The molecule has 2 aliphatic heterocycles. The molecule has 0 aliphatic carbocycles. The maximum atomic E-state index is 12.3. The minimum absolute atomic E-state index is 0.0773. The highest BCUT2D eigenvalue weighted by Crippen LogP contribution is 2.20. The zero-order valence-electron chi connectivity index (χ0n) is 14.8. The lowest BCUT2D eigenvalue weighted by atomic mass is 10.3. The summed E-state index contributed by atoms with van der Waals surface area (Å²) in [4.78, 5) is 19.8. The summed E-state index contributed by atoms with van der Waals surface area (Å²) in [6.45, 7) is 5.15. The highest BCUT2D eigenvalue weighted by molar-refractivity contribution is 7.10. The fourth-order valence-corrected chi connectivity index (χ4v) is 4.02. The third kappa shape index (κ3) is 3.88. The van der Waals surface area contributed by atoms with Gasteiger partial charge < -0.3 is 14.7 Å². The van der Waals surface area contributed by atoms with Crippen LogP contribution in [0.1, 0.15) is 17.7 Å². The van der Waals surface area contributed by atoms with Crippen molar-refractivity contribution in [2.75, 3.05) is 49.1 Å². The zero-order chi connectivity index (χ0) is 17.8. The first-order valence-electron chi connectivity index (χ1n) is 9.14. The van der Waals surface area contributed by atoms with Crippen LogP contribution in [0.2, 0.25) is 0 Å².